The van der Waals surface area contributed by atoms with E-state index < -0.39 is 5.91 Å². The molecule has 1 amide bonds. The maximum Gasteiger partial charge on any atom is 0.300 e. The van der Waals surface area contributed by atoms with Crippen LogP contribution in [0.3, 0.4) is 0 Å². The van der Waals surface area contributed by atoms with Crippen molar-refractivity contribution in [3.8, 4) is 0 Å². The third-order valence-electron chi connectivity index (χ3n) is 2.67. The predicted octanol–water partition coefficient (Wildman–Crippen LogP) is 1.51. The maximum atomic E-state index is 11.2. The SMILES string of the molecule is CCCCN(CC)Cc1ccc(C(=O)NN)o1. The number of nitrogen functional groups attached to an aromatic ring is 1. The van der Waals surface area contributed by atoms with E-state index in [9.17, 15) is 4.79 Å². The molecule has 1 aromatic rings. The number of hydrogen-bond acceptors (Lipinski definition) is 4. The zero-order valence-electron chi connectivity index (χ0n) is 10.5. The van der Waals surface area contributed by atoms with Crippen LogP contribution in [0.2, 0.25) is 0 Å². The van der Waals surface area contributed by atoms with Crippen molar-refractivity contribution in [1.29, 1.82) is 0 Å². The van der Waals surface area contributed by atoms with Crippen molar-refractivity contribution >= 4 is 5.91 Å². The lowest BCUT2D eigenvalue weighted by atomic mass is 10.3. The number of furan rings is 1. The van der Waals surface area contributed by atoms with Gasteiger partial charge in [0.05, 0.1) is 6.54 Å². The van der Waals surface area contributed by atoms with E-state index in [2.05, 4.69) is 18.7 Å². The van der Waals surface area contributed by atoms with Gasteiger partial charge in [-0.25, -0.2) is 5.84 Å². The highest BCUT2D eigenvalue weighted by Gasteiger charge is 2.11. The van der Waals surface area contributed by atoms with Crippen molar-refractivity contribution in [2.75, 3.05) is 13.1 Å². The average Bonchev–Trinajstić information content (AvgIpc) is 2.81. The summed E-state index contributed by atoms with van der Waals surface area (Å²) in [6.45, 7) is 7.04. The molecule has 0 saturated heterocycles. The third-order valence-corrected chi connectivity index (χ3v) is 2.67. The van der Waals surface area contributed by atoms with Crippen LogP contribution in [-0.4, -0.2) is 23.9 Å². The number of carbonyl (C=O) groups is 1. The molecule has 96 valence electrons. The van der Waals surface area contributed by atoms with E-state index in [-0.39, 0.29) is 5.76 Å². The summed E-state index contributed by atoms with van der Waals surface area (Å²) in [7, 11) is 0. The van der Waals surface area contributed by atoms with Crippen LogP contribution in [0.4, 0.5) is 0 Å². The van der Waals surface area contributed by atoms with Gasteiger partial charge in [0.1, 0.15) is 5.76 Å². The van der Waals surface area contributed by atoms with E-state index in [1.165, 1.54) is 12.8 Å². The molecule has 0 aromatic carbocycles. The first kappa shape index (κ1) is 13.7. The van der Waals surface area contributed by atoms with Crippen molar-refractivity contribution in [1.82, 2.24) is 10.3 Å². The average molecular weight is 239 g/mol. The largest absolute Gasteiger partial charge is 0.455 e. The molecule has 0 fully saturated rings. The molecule has 0 radical (unpaired) electrons. The Bertz CT molecular complexity index is 349. The monoisotopic (exact) mass is 239 g/mol. The van der Waals surface area contributed by atoms with E-state index in [0.29, 0.717) is 0 Å². The molecular formula is C12H21N3O2. The highest BCUT2D eigenvalue weighted by Crippen LogP contribution is 2.11. The molecule has 0 spiro atoms. The van der Waals surface area contributed by atoms with Crippen molar-refractivity contribution in [3.05, 3.63) is 23.7 Å². The number of nitrogens with zero attached hydrogens (tertiary/aromatic N) is 1. The summed E-state index contributed by atoms with van der Waals surface area (Å²) in [5, 5.41) is 0. The molecule has 1 aromatic heterocycles. The second-order valence-electron chi connectivity index (χ2n) is 3.96. The van der Waals surface area contributed by atoms with Gasteiger partial charge in [0.15, 0.2) is 5.76 Å². The van der Waals surface area contributed by atoms with Crippen LogP contribution in [0.25, 0.3) is 0 Å². The van der Waals surface area contributed by atoms with Crippen LogP contribution in [0.15, 0.2) is 16.5 Å². The summed E-state index contributed by atoms with van der Waals surface area (Å²) in [5.41, 5.74) is 2.05. The third kappa shape index (κ3) is 4.20. The fourth-order valence-corrected chi connectivity index (χ4v) is 1.61. The fourth-order valence-electron chi connectivity index (χ4n) is 1.61. The smallest absolute Gasteiger partial charge is 0.300 e. The Morgan fingerprint density at radius 1 is 1.47 bits per heavy atom. The molecule has 1 rings (SSSR count). The molecule has 5 nitrogen and oxygen atoms in total. The predicted molar refractivity (Wildman–Crippen MR) is 66.2 cm³/mol. The van der Waals surface area contributed by atoms with Gasteiger partial charge in [-0.3, -0.25) is 15.1 Å². The number of unbranched alkanes of at least 4 members (excludes halogenated alkanes) is 1. The van der Waals surface area contributed by atoms with Crippen LogP contribution < -0.4 is 11.3 Å². The zero-order chi connectivity index (χ0) is 12.7. The van der Waals surface area contributed by atoms with Gasteiger partial charge < -0.3 is 4.42 Å². The number of hydrogen-bond donors (Lipinski definition) is 2. The standard InChI is InChI=1S/C12H21N3O2/c1-3-5-8-15(4-2)9-10-6-7-11(17-10)12(16)14-13/h6-7H,3-5,8-9,13H2,1-2H3,(H,14,16). The highest BCUT2D eigenvalue weighted by atomic mass is 16.4. The topological polar surface area (TPSA) is 71.5 Å². The van der Waals surface area contributed by atoms with Crippen LogP contribution in [-0.2, 0) is 6.54 Å². The van der Waals surface area contributed by atoms with E-state index >= 15 is 0 Å². The summed E-state index contributed by atoms with van der Waals surface area (Å²) in [6, 6.07) is 3.46. The minimum Gasteiger partial charge on any atom is -0.455 e. The minimum absolute atomic E-state index is 0.258. The molecule has 5 heteroatoms. The van der Waals surface area contributed by atoms with E-state index in [1.54, 1.807) is 6.07 Å². The molecule has 0 bridgehead atoms. The van der Waals surface area contributed by atoms with Gasteiger partial charge in [0.25, 0.3) is 0 Å². The van der Waals surface area contributed by atoms with Crippen LogP contribution in [0.1, 0.15) is 43.0 Å². The second-order valence-corrected chi connectivity index (χ2v) is 3.96. The van der Waals surface area contributed by atoms with Crippen molar-refractivity contribution < 1.29 is 9.21 Å². The van der Waals surface area contributed by atoms with Gasteiger partial charge in [-0.15, -0.1) is 0 Å². The summed E-state index contributed by atoms with van der Waals surface area (Å²) >= 11 is 0. The van der Waals surface area contributed by atoms with Crippen molar-refractivity contribution in [2.45, 2.75) is 33.2 Å². The minimum atomic E-state index is -0.396. The van der Waals surface area contributed by atoms with E-state index in [4.69, 9.17) is 10.3 Å². The number of hydrazine groups is 1. The van der Waals surface area contributed by atoms with Crippen molar-refractivity contribution in [3.63, 3.8) is 0 Å². The molecular weight excluding hydrogens is 218 g/mol. The van der Waals surface area contributed by atoms with Gasteiger partial charge in [-0.2, -0.15) is 0 Å². The highest BCUT2D eigenvalue weighted by molar-refractivity contribution is 5.90. The molecule has 3 N–H and O–H groups in total. The number of nitrogens with two attached hydrogens (primary N) is 1. The molecule has 0 saturated carbocycles. The maximum absolute atomic E-state index is 11.2. The normalized spacial score (nSPS) is 10.8. The zero-order valence-corrected chi connectivity index (χ0v) is 10.5. The van der Waals surface area contributed by atoms with Gasteiger partial charge in [0.2, 0.25) is 0 Å². The number of amides is 1. The number of rotatable bonds is 7. The Labute approximate surface area is 102 Å². The van der Waals surface area contributed by atoms with Crippen LogP contribution in [0.5, 0.6) is 0 Å². The lowest BCUT2D eigenvalue weighted by molar-refractivity contribution is 0.0922. The number of carbonyl (C=O) groups excluding carboxylic acids is 1. The Balaban J connectivity index is 2.54. The lowest BCUT2D eigenvalue weighted by Gasteiger charge is -2.18. The van der Waals surface area contributed by atoms with Gasteiger partial charge in [-0.05, 0) is 31.6 Å². The van der Waals surface area contributed by atoms with Crippen LogP contribution in [0, 0.1) is 0 Å². The molecule has 0 aliphatic carbocycles. The molecule has 0 aliphatic rings. The Hall–Kier alpha value is -1.33. The van der Waals surface area contributed by atoms with Gasteiger partial charge in [-0.1, -0.05) is 20.3 Å². The van der Waals surface area contributed by atoms with E-state index in [1.807, 2.05) is 11.5 Å². The first-order valence-electron chi connectivity index (χ1n) is 6.03. The Kier molecular flexibility index (Phi) is 5.72. The van der Waals surface area contributed by atoms with Crippen LogP contribution >= 0.6 is 0 Å². The second kappa shape index (κ2) is 7.09. The first-order valence-corrected chi connectivity index (χ1v) is 6.03. The Morgan fingerprint density at radius 3 is 2.82 bits per heavy atom. The number of nitrogens with one attached hydrogen (secondary N) is 1. The molecule has 0 atom stereocenters. The quantitative estimate of drug-likeness (QED) is 0.430. The fraction of sp³-hybridized carbons (Fsp3) is 0.583. The van der Waals surface area contributed by atoms with Gasteiger partial charge >= 0.3 is 5.91 Å². The molecule has 1 heterocycles. The van der Waals surface area contributed by atoms with Crippen molar-refractivity contribution in [2.24, 2.45) is 5.84 Å². The summed E-state index contributed by atoms with van der Waals surface area (Å²) in [4.78, 5) is 13.5. The van der Waals surface area contributed by atoms with E-state index in [0.717, 1.165) is 25.4 Å². The first-order chi connectivity index (χ1) is 8.21. The Morgan fingerprint density at radius 2 is 2.24 bits per heavy atom. The summed E-state index contributed by atoms with van der Waals surface area (Å²) < 4.78 is 5.41. The molecule has 17 heavy (non-hydrogen) atoms. The summed E-state index contributed by atoms with van der Waals surface area (Å²) in [6.07, 6.45) is 2.35. The molecule has 0 unspecified atom stereocenters. The van der Waals surface area contributed by atoms with Gasteiger partial charge in [0, 0.05) is 0 Å². The lowest BCUT2D eigenvalue weighted by Crippen LogP contribution is -2.29. The molecule has 0 aliphatic heterocycles. The summed E-state index contributed by atoms with van der Waals surface area (Å²) in [5.74, 6) is 5.69.